The Hall–Kier alpha value is -1.88. The number of carbonyl (C=O) groups is 1. The second-order valence-corrected chi connectivity index (χ2v) is 7.58. The number of benzene rings is 1. The van der Waals surface area contributed by atoms with Crippen LogP contribution in [0.2, 0.25) is 0 Å². The molecule has 3 rings (SSSR count). The highest BCUT2D eigenvalue weighted by Crippen LogP contribution is 2.27. The number of hydrogen-bond acceptors (Lipinski definition) is 4. The van der Waals surface area contributed by atoms with Crippen LogP contribution in [0, 0.1) is 6.92 Å². The third-order valence-electron chi connectivity index (χ3n) is 4.64. The van der Waals surface area contributed by atoms with Gasteiger partial charge in [-0.05, 0) is 31.4 Å². The summed E-state index contributed by atoms with van der Waals surface area (Å²) in [5.74, 6) is 3.43. The van der Waals surface area contributed by atoms with E-state index in [1.54, 1.807) is 0 Å². The molecule has 5 heteroatoms. The van der Waals surface area contributed by atoms with E-state index in [4.69, 9.17) is 0 Å². The maximum absolute atomic E-state index is 12.4. The molecule has 1 amide bonds. The quantitative estimate of drug-likeness (QED) is 0.739. The highest BCUT2D eigenvalue weighted by Gasteiger charge is 2.24. The van der Waals surface area contributed by atoms with Crippen molar-refractivity contribution in [2.75, 3.05) is 18.8 Å². The largest absolute Gasteiger partial charge is 0.343 e. The van der Waals surface area contributed by atoms with Gasteiger partial charge in [0.15, 0.2) is 0 Å². The van der Waals surface area contributed by atoms with Crippen LogP contribution in [0.1, 0.15) is 42.3 Å². The molecule has 0 aliphatic carbocycles. The van der Waals surface area contributed by atoms with E-state index in [1.807, 2.05) is 41.9 Å². The van der Waals surface area contributed by atoms with Crippen molar-refractivity contribution >= 4 is 17.7 Å². The molecule has 0 unspecified atom stereocenters. The molecule has 0 N–H and O–H groups in total. The number of hydrogen-bond donors (Lipinski definition) is 0. The zero-order valence-electron chi connectivity index (χ0n) is 14.7. The number of likely N-dealkylation sites (tertiary alicyclic amines) is 1. The molecule has 0 spiro atoms. The number of amides is 1. The number of nitrogens with zero attached hydrogens (tertiary/aromatic N) is 3. The lowest BCUT2D eigenvalue weighted by Crippen LogP contribution is -2.38. The number of thioether (sulfide) groups is 1. The molecule has 1 fully saturated rings. The van der Waals surface area contributed by atoms with Crippen molar-refractivity contribution < 1.29 is 4.79 Å². The molecule has 1 aromatic carbocycles. The summed E-state index contributed by atoms with van der Waals surface area (Å²) in [7, 11) is 0. The average Bonchev–Trinajstić information content (AvgIpc) is 2.66. The van der Waals surface area contributed by atoms with Gasteiger partial charge in [0.2, 0.25) is 5.91 Å². The van der Waals surface area contributed by atoms with Crippen molar-refractivity contribution in [1.29, 1.82) is 0 Å². The van der Waals surface area contributed by atoms with Crippen LogP contribution < -0.4 is 0 Å². The van der Waals surface area contributed by atoms with Gasteiger partial charge in [0, 0.05) is 48.8 Å². The third-order valence-corrected chi connectivity index (χ3v) is 5.67. The van der Waals surface area contributed by atoms with E-state index < -0.39 is 0 Å². The molecule has 0 atom stereocenters. The van der Waals surface area contributed by atoms with Gasteiger partial charge in [-0.2, -0.15) is 11.8 Å². The third kappa shape index (κ3) is 5.30. The van der Waals surface area contributed by atoms with Gasteiger partial charge in [-0.3, -0.25) is 4.79 Å². The second kappa shape index (κ2) is 8.99. The second-order valence-electron chi connectivity index (χ2n) is 6.47. The van der Waals surface area contributed by atoms with Crippen molar-refractivity contribution in [3.05, 3.63) is 59.7 Å². The Bertz CT molecular complexity index is 684. The molecule has 0 bridgehead atoms. The van der Waals surface area contributed by atoms with Crippen molar-refractivity contribution in [3.8, 4) is 0 Å². The molecule has 4 nitrogen and oxygen atoms in total. The van der Waals surface area contributed by atoms with E-state index in [1.165, 1.54) is 5.56 Å². The molecule has 1 aliphatic heterocycles. The van der Waals surface area contributed by atoms with E-state index in [9.17, 15) is 4.79 Å². The first-order chi connectivity index (χ1) is 12.2. The first-order valence-electron chi connectivity index (χ1n) is 8.91. The SMILES string of the molecule is Cc1nccc(C2CCN(C(=O)CCSCc3ccccc3)CC2)n1. The molecular weight excluding hydrogens is 330 g/mol. The molecule has 2 aromatic rings. The van der Waals surface area contributed by atoms with Crippen molar-refractivity contribution in [2.24, 2.45) is 0 Å². The minimum atomic E-state index is 0.290. The summed E-state index contributed by atoms with van der Waals surface area (Å²) in [6.45, 7) is 3.61. The van der Waals surface area contributed by atoms with Crippen molar-refractivity contribution in [1.82, 2.24) is 14.9 Å². The summed E-state index contributed by atoms with van der Waals surface area (Å²) in [5, 5.41) is 0. The first kappa shape index (κ1) is 17.9. The Morgan fingerprint density at radius 1 is 1.20 bits per heavy atom. The molecule has 2 heterocycles. The molecule has 0 radical (unpaired) electrons. The summed E-state index contributed by atoms with van der Waals surface area (Å²) >= 11 is 1.83. The number of carbonyl (C=O) groups excluding carboxylic acids is 1. The van der Waals surface area contributed by atoms with Gasteiger partial charge in [-0.15, -0.1) is 0 Å². The summed E-state index contributed by atoms with van der Waals surface area (Å²) < 4.78 is 0. The minimum Gasteiger partial charge on any atom is -0.343 e. The standard InChI is InChI=1S/C20H25N3OS/c1-16-21-11-7-19(22-16)18-8-12-23(13-9-18)20(24)10-14-25-15-17-5-3-2-4-6-17/h2-7,11,18H,8-10,12-15H2,1H3. The molecule has 25 heavy (non-hydrogen) atoms. The number of piperidine rings is 1. The Balaban J connectivity index is 1.38. The van der Waals surface area contributed by atoms with E-state index >= 15 is 0 Å². The summed E-state index contributed by atoms with van der Waals surface area (Å²) in [5.41, 5.74) is 2.44. The highest BCUT2D eigenvalue weighted by molar-refractivity contribution is 7.98. The average molecular weight is 356 g/mol. The van der Waals surface area contributed by atoms with Gasteiger partial charge < -0.3 is 4.90 Å². The molecule has 132 valence electrons. The molecule has 1 saturated heterocycles. The molecular formula is C20H25N3OS. The van der Waals surface area contributed by atoms with Crippen LogP contribution in [0.25, 0.3) is 0 Å². The van der Waals surface area contributed by atoms with Crippen LogP contribution in [0.15, 0.2) is 42.6 Å². The van der Waals surface area contributed by atoms with E-state index in [0.717, 1.165) is 49.0 Å². The fourth-order valence-electron chi connectivity index (χ4n) is 3.21. The Labute approximate surface area is 154 Å². The van der Waals surface area contributed by atoms with Crippen LogP contribution in [-0.2, 0) is 10.5 Å². The van der Waals surface area contributed by atoms with Gasteiger partial charge >= 0.3 is 0 Å². The van der Waals surface area contributed by atoms with Crippen molar-refractivity contribution in [2.45, 2.75) is 37.9 Å². The van der Waals surface area contributed by atoms with Crippen LogP contribution >= 0.6 is 11.8 Å². The fraction of sp³-hybridized carbons (Fsp3) is 0.450. The predicted molar refractivity (Wildman–Crippen MR) is 103 cm³/mol. The highest BCUT2D eigenvalue weighted by atomic mass is 32.2. The summed E-state index contributed by atoms with van der Waals surface area (Å²) in [4.78, 5) is 23.1. The van der Waals surface area contributed by atoms with Crippen LogP contribution in [0.3, 0.4) is 0 Å². The van der Waals surface area contributed by atoms with Crippen LogP contribution in [0.5, 0.6) is 0 Å². The molecule has 1 aliphatic rings. The first-order valence-corrected chi connectivity index (χ1v) is 10.1. The lowest BCUT2D eigenvalue weighted by Gasteiger charge is -2.31. The number of aryl methyl sites for hydroxylation is 1. The minimum absolute atomic E-state index is 0.290. The Morgan fingerprint density at radius 2 is 1.96 bits per heavy atom. The van der Waals surface area contributed by atoms with Crippen molar-refractivity contribution in [3.63, 3.8) is 0 Å². The van der Waals surface area contributed by atoms with Gasteiger partial charge in [-0.1, -0.05) is 30.3 Å². The van der Waals surface area contributed by atoms with Crippen LogP contribution in [0.4, 0.5) is 0 Å². The molecule has 1 aromatic heterocycles. The van der Waals surface area contributed by atoms with E-state index in [2.05, 4.69) is 34.2 Å². The van der Waals surface area contributed by atoms with Gasteiger partial charge in [0.1, 0.15) is 5.82 Å². The fourth-order valence-corrected chi connectivity index (χ4v) is 4.10. The topological polar surface area (TPSA) is 46.1 Å². The van der Waals surface area contributed by atoms with E-state index in [-0.39, 0.29) is 5.91 Å². The normalized spacial score (nSPS) is 15.3. The summed E-state index contributed by atoms with van der Waals surface area (Å²) in [6, 6.07) is 12.4. The monoisotopic (exact) mass is 355 g/mol. The predicted octanol–water partition coefficient (Wildman–Crippen LogP) is 3.81. The number of rotatable bonds is 6. The maximum Gasteiger partial charge on any atom is 0.223 e. The van der Waals surface area contributed by atoms with Gasteiger partial charge in [0.05, 0.1) is 0 Å². The molecule has 0 saturated carbocycles. The summed E-state index contributed by atoms with van der Waals surface area (Å²) in [6.07, 6.45) is 4.46. The van der Waals surface area contributed by atoms with Gasteiger partial charge in [0.25, 0.3) is 0 Å². The smallest absolute Gasteiger partial charge is 0.223 e. The lowest BCUT2D eigenvalue weighted by atomic mass is 9.93. The van der Waals surface area contributed by atoms with E-state index in [0.29, 0.717) is 12.3 Å². The zero-order chi connectivity index (χ0) is 17.5. The van der Waals surface area contributed by atoms with Gasteiger partial charge in [-0.25, -0.2) is 9.97 Å². The Morgan fingerprint density at radius 3 is 2.68 bits per heavy atom. The lowest BCUT2D eigenvalue weighted by molar-refractivity contribution is -0.131. The van der Waals surface area contributed by atoms with Crippen LogP contribution in [-0.4, -0.2) is 39.6 Å². The Kier molecular flexibility index (Phi) is 6.45. The number of aromatic nitrogens is 2. The maximum atomic E-state index is 12.4. The zero-order valence-corrected chi connectivity index (χ0v) is 15.5.